The van der Waals surface area contributed by atoms with Crippen LogP contribution in [0.25, 0.3) is 10.9 Å². The maximum Gasteiger partial charge on any atom is 0.226 e. The average Bonchev–Trinajstić information content (AvgIpc) is 3.45. The summed E-state index contributed by atoms with van der Waals surface area (Å²) in [4.78, 5) is 24.6. The number of allylic oxidation sites excluding steroid dienone is 2. The van der Waals surface area contributed by atoms with E-state index in [0.717, 1.165) is 66.9 Å². The second kappa shape index (κ2) is 6.79. The maximum atomic E-state index is 12.8. The molecule has 2 saturated carbocycles. The highest BCUT2D eigenvalue weighted by Crippen LogP contribution is 2.69. The summed E-state index contributed by atoms with van der Waals surface area (Å²) in [6.07, 6.45) is 10.7. The van der Waals surface area contributed by atoms with Crippen molar-refractivity contribution in [3.05, 3.63) is 42.1 Å². The number of aryl methyl sites for hydroxylation is 1. The predicted octanol–water partition coefficient (Wildman–Crippen LogP) is 3.87. The molecule has 1 spiro atoms. The number of aromatic nitrogens is 2. The Balaban J connectivity index is 1.05. The Labute approximate surface area is 178 Å². The van der Waals surface area contributed by atoms with Gasteiger partial charge in [-0.3, -0.25) is 4.79 Å². The van der Waals surface area contributed by atoms with Crippen molar-refractivity contribution in [2.45, 2.75) is 39.0 Å². The van der Waals surface area contributed by atoms with Crippen molar-refractivity contribution in [2.75, 3.05) is 24.5 Å². The van der Waals surface area contributed by atoms with Gasteiger partial charge in [0.25, 0.3) is 0 Å². The van der Waals surface area contributed by atoms with Crippen molar-refractivity contribution in [1.82, 2.24) is 15.3 Å². The molecule has 1 amide bonds. The fourth-order valence-electron chi connectivity index (χ4n) is 6.43. The summed E-state index contributed by atoms with van der Waals surface area (Å²) in [5.74, 6) is 3.33. The quantitative estimate of drug-likeness (QED) is 0.789. The number of hydrogen-bond donors (Lipinski definition) is 1. The zero-order chi connectivity index (χ0) is 20.3. The van der Waals surface area contributed by atoms with E-state index in [1.165, 1.54) is 19.3 Å². The van der Waals surface area contributed by atoms with Crippen LogP contribution in [0.1, 0.15) is 37.8 Å². The van der Waals surface area contributed by atoms with Crippen molar-refractivity contribution in [1.29, 1.82) is 0 Å². The van der Waals surface area contributed by atoms with Gasteiger partial charge in [0.1, 0.15) is 0 Å². The fraction of sp³-hybridized carbons (Fsp3) is 0.560. The predicted molar refractivity (Wildman–Crippen MR) is 118 cm³/mol. The molecule has 6 rings (SSSR count). The Morgan fingerprint density at radius 2 is 1.97 bits per heavy atom. The lowest BCUT2D eigenvalue weighted by atomic mass is 9.88. The highest BCUT2D eigenvalue weighted by atomic mass is 16.1. The van der Waals surface area contributed by atoms with Crippen LogP contribution in [-0.4, -0.2) is 35.5 Å². The van der Waals surface area contributed by atoms with Gasteiger partial charge in [-0.25, -0.2) is 9.97 Å². The number of fused-ring (bicyclic) bond motifs is 1. The normalized spacial score (nSPS) is 29.1. The molecule has 1 N–H and O–H groups in total. The molecule has 4 aliphatic rings. The number of carbonyl (C=O) groups is 1. The van der Waals surface area contributed by atoms with Crippen molar-refractivity contribution >= 4 is 22.8 Å². The van der Waals surface area contributed by atoms with Gasteiger partial charge in [-0.1, -0.05) is 30.4 Å². The molecule has 3 aliphatic carbocycles. The van der Waals surface area contributed by atoms with E-state index in [4.69, 9.17) is 9.97 Å². The minimum absolute atomic E-state index is 0.117. The molecule has 5 nitrogen and oxygen atoms in total. The summed E-state index contributed by atoms with van der Waals surface area (Å²) < 4.78 is 0. The molecule has 1 aromatic heterocycles. The zero-order valence-electron chi connectivity index (χ0n) is 17.7. The Morgan fingerprint density at radius 1 is 1.17 bits per heavy atom. The second-order valence-electron chi connectivity index (χ2n) is 9.88. The summed E-state index contributed by atoms with van der Waals surface area (Å²) in [6, 6.07) is 8.17. The van der Waals surface area contributed by atoms with E-state index in [9.17, 15) is 4.79 Å². The number of nitrogens with zero attached hydrogens (tertiary/aromatic N) is 3. The molecule has 3 atom stereocenters. The van der Waals surface area contributed by atoms with Gasteiger partial charge in [0, 0.05) is 30.9 Å². The molecule has 1 aliphatic heterocycles. The van der Waals surface area contributed by atoms with Crippen molar-refractivity contribution in [2.24, 2.45) is 29.1 Å². The molecule has 5 heteroatoms. The van der Waals surface area contributed by atoms with E-state index < -0.39 is 0 Å². The number of benzene rings is 1. The van der Waals surface area contributed by atoms with Crippen LogP contribution in [0.3, 0.4) is 0 Å². The molecule has 2 aromatic rings. The van der Waals surface area contributed by atoms with Crippen LogP contribution in [0, 0.1) is 36.0 Å². The lowest BCUT2D eigenvalue weighted by Gasteiger charge is -2.32. The standard InChI is InChI=1S/C25H30N4O/c1-16-20-4-2-3-5-22(20)28-24(27-16)29-12-8-17(9-13-29)23(30)26-15-18-14-19-6-7-21(18)25(19)10-11-25/h2-7,17-19,21H,8-15H2,1H3,(H,26,30)/t18-,19-,21+/m1/s1. The minimum atomic E-state index is 0.117. The summed E-state index contributed by atoms with van der Waals surface area (Å²) in [7, 11) is 0. The van der Waals surface area contributed by atoms with Crippen LogP contribution in [0.15, 0.2) is 36.4 Å². The molecule has 0 radical (unpaired) electrons. The van der Waals surface area contributed by atoms with Crippen molar-refractivity contribution in [3.63, 3.8) is 0 Å². The third-order valence-electron chi connectivity index (χ3n) is 8.31. The first-order valence-corrected chi connectivity index (χ1v) is 11.6. The maximum absolute atomic E-state index is 12.8. The lowest BCUT2D eigenvalue weighted by molar-refractivity contribution is -0.125. The first kappa shape index (κ1) is 18.3. The third kappa shape index (κ3) is 2.85. The zero-order valence-corrected chi connectivity index (χ0v) is 17.7. The summed E-state index contributed by atoms with van der Waals surface area (Å²) in [5.41, 5.74) is 2.62. The van der Waals surface area contributed by atoms with E-state index in [2.05, 4.69) is 28.4 Å². The van der Waals surface area contributed by atoms with Crippen molar-refractivity contribution in [3.8, 4) is 0 Å². The molecule has 0 unspecified atom stereocenters. The van der Waals surface area contributed by atoms with Crippen LogP contribution < -0.4 is 10.2 Å². The number of piperidine rings is 1. The Hall–Kier alpha value is -2.43. The topological polar surface area (TPSA) is 58.1 Å². The second-order valence-corrected chi connectivity index (χ2v) is 9.88. The van der Waals surface area contributed by atoms with E-state index >= 15 is 0 Å². The number of carbonyl (C=O) groups excluding carboxylic acids is 1. The van der Waals surface area contributed by atoms with Gasteiger partial charge < -0.3 is 10.2 Å². The summed E-state index contributed by atoms with van der Waals surface area (Å²) in [6.45, 7) is 4.59. The van der Waals surface area contributed by atoms with Gasteiger partial charge in [-0.15, -0.1) is 0 Å². The van der Waals surface area contributed by atoms with Gasteiger partial charge >= 0.3 is 0 Å². The molecule has 1 aromatic carbocycles. The van der Waals surface area contributed by atoms with Crippen molar-refractivity contribution < 1.29 is 4.79 Å². The summed E-state index contributed by atoms with van der Waals surface area (Å²) in [5, 5.41) is 4.42. The molecule has 2 bridgehead atoms. The molecule has 2 heterocycles. The highest BCUT2D eigenvalue weighted by molar-refractivity contribution is 5.82. The Morgan fingerprint density at radius 3 is 2.73 bits per heavy atom. The molecule has 156 valence electrons. The highest BCUT2D eigenvalue weighted by Gasteiger charge is 2.62. The van der Waals surface area contributed by atoms with Gasteiger partial charge in [0.05, 0.1) is 11.2 Å². The summed E-state index contributed by atoms with van der Waals surface area (Å²) >= 11 is 0. The van der Waals surface area contributed by atoms with Crippen LogP contribution in [0.4, 0.5) is 5.95 Å². The fourth-order valence-corrected chi connectivity index (χ4v) is 6.43. The number of rotatable bonds is 4. The number of anilines is 1. The van der Waals surface area contributed by atoms with Gasteiger partial charge in [0.15, 0.2) is 0 Å². The van der Waals surface area contributed by atoms with Gasteiger partial charge in [-0.05, 0) is 68.3 Å². The number of hydrogen-bond acceptors (Lipinski definition) is 4. The average molecular weight is 403 g/mol. The van der Waals surface area contributed by atoms with E-state index in [-0.39, 0.29) is 11.8 Å². The van der Waals surface area contributed by atoms with Crippen LogP contribution in [0.2, 0.25) is 0 Å². The lowest BCUT2D eigenvalue weighted by Crippen LogP contribution is -2.42. The molecular weight excluding hydrogens is 372 g/mol. The largest absolute Gasteiger partial charge is 0.356 e. The van der Waals surface area contributed by atoms with E-state index in [1.54, 1.807) is 0 Å². The third-order valence-corrected chi connectivity index (χ3v) is 8.31. The number of nitrogens with one attached hydrogen (secondary N) is 1. The SMILES string of the molecule is Cc1nc(N2CCC(C(=O)NC[C@H]3C[C@H]4C=C[C@@H]3C43CC3)CC2)nc2ccccc12. The monoisotopic (exact) mass is 402 g/mol. The van der Waals surface area contributed by atoms with Crippen LogP contribution in [0.5, 0.6) is 0 Å². The molecule has 3 fully saturated rings. The first-order chi connectivity index (χ1) is 14.6. The van der Waals surface area contributed by atoms with E-state index in [0.29, 0.717) is 11.3 Å². The molecular formula is C25H30N4O. The first-order valence-electron chi connectivity index (χ1n) is 11.6. The van der Waals surface area contributed by atoms with Crippen LogP contribution >= 0.6 is 0 Å². The van der Waals surface area contributed by atoms with Crippen LogP contribution in [-0.2, 0) is 4.79 Å². The van der Waals surface area contributed by atoms with Gasteiger partial charge in [0.2, 0.25) is 11.9 Å². The smallest absolute Gasteiger partial charge is 0.226 e. The molecule has 30 heavy (non-hydrogen) atoms. The minimum Gasteiger partial charge on any atom is -0.356 e. The molecule has 1 saturated heterocycles. The Bertz CT molecular complexity index is 1020. The number of para-hydroxylation sites is 1. The Kier molecular flexibility index (Phi) is 4.15. The van der Waals surface area contributed by atoms with E-state index in [1.807, 2.05) is 25.1 Å². The van der Waals surface area contributed by atoms with Gasteiger partial charge in [-0.2, -0.15) is 0 Å². The number of amides is 1.